The molecule has 0 aliphatic heterocycles. The first-order valence-electron chi connectivity index (χ1n) is 2.22. The van der Waals surface area contributed by atoms with Crippen LogP contribution in [0.1, 0.15) is 20.3 Å². The second-order valence-electron chi connectivity index (χ2n) is 2.09. The summed E-state index contributed by atoms with van der Waals surface area (Å²) in [6.07, 6.45) is 0.696. The van der Waals surface area contributed by atoms with Crippen molar-refractivity contribution in [3.63, 3.8) is 0 Å². The van der Waals surface area contributed by atoms with Crippen molar-refractivity contribution in [3.05, 3.63) is 6.92 Å². The van der Waals surface area contributed by atoms with Crippen molar-refractivity contribution in [2.75, 3.05) is 0 Å². The highest BCUT2D eigenvalue weighted by Gasteiger charge is 2.29. The number of rotatable bonds is 2. The molecule has 0 unspecified atom stereocenters. The van der Waals surface area contributed by atoms with Gasteiger partial charge < -0.3 is 0 Å². The van der Waals surface area contributed by atoms with Gasteiger partial charge in [-0.05, 0) is 20.8 Å². The first-order valence-corrected chi connectivity index (χ1v) is 2.97. The molecule has 0 N–H and O–H groups in total. The van der Waals surface area contributed by atoms with Crippen LogP contribution in [0, 0.1) is 6.92 Å². The molecule has 0 aromatic rings. The van der Waals surface area contributed by atoms with Gasteiger partial charge in [0, 0.05) is 10.6 Å². The predicted octanol–water partition coefficient (Wildman–Crippen LogP) is 1.42. The molecular weight excluding hydrogens is 108 g/mol. The summed E-state index contributed by atoms with van der Waals surface area (Å²) in [6, 6.07) is 0. The molecule has 0 rings (SSSR count). The summed E-state index contributed by atoms with van der Waals surface area (Å²) in [4.78, 5) is 0. The quantitative estimate of drug-likeness (QED) is 0.501. The molecule has 0 aromatic carbocycles. The van der Waals surface area contributed by atoms with Crippen LogP contribution in [0.3, 0.4) is 0 Å². The molecule has 7 heavy (non-hydrogen) atoms. The standard InChI is InChI=1S/C5H10OS/c1-4-5(2,3)7-6/h1,4H2,2-3H3/q+1. The zero-order valence-corrected chi connectivity index (χ0v) is 5.55. The van der Waals surface area contributed by atoms with E-state index in [1.807, 2.05) is 13.8 Å². The van der Waals surface area contributed by atoms with Gasteiger partial charge in [0.05, 0.1) is 0 Å². The molecule has 0 saturated heterocycles. The highest BCUT2D eigenvalue weighted by atomic mass is 32.1. The highest BCUT2D eigenvalue weighted by molar-refractivity contribution is 7.67. The van der Waals surface area contributed by atoms with Crippen LogP contribution in [0.5, 0.6) is 0 Å². The van der Waals surface area contributed by atoms with Gasteiger partial charge in [-0.3, -0.25) is 0 Å². The molecule has 41 valence electrons. The van der Waals surface area contributed by atoms with Crippen molar-refractivity contribution >= 4 is 11.7 Å². The third kappa shape index (κ3) is 2.68. The van der Waals surface area contributed by atoms with Crippen molar-refractivity contribution in [2.24, 2.45) is 0 Å². The third-order valence-electron chi connectivity index (χ3n) is 0.828. The Labute approximate surface area is 48.6 Å². The lowest BCUT2D eigenvalue weighted by atomic mass is 10.1. The molecule has 0 aromatic heterocycles. The van der Waals surface area contributed by atoms with E-state index in [-0.39, 0.29) is 4.75 Å². The summed E-state index contributed by atoms with van der Waals surface area (Å²) >= 11 is 0.615. The van der Waals surface area contributed by atoms with Gasteiger partial charge in [-0.1, -0.05) is 0 Å². The molecule has 0 amide bonds. The van der Waals surface area contributed by atoms with E-state index >= 15 is 0 Å². The van der Waals surface area contributed by atoms with E-state index < -0.39 is 0 Å². The summed E-state index contributed by atoms with van der Waals surface area (Å²) < 4.78 is 9.89. The van der Waals surface area contributed by atoms with E-state index in [1.165, 1.54) is 0 Å². The highest BCUT2D eigenvalue weighted by Crippen LogP contribution is 2.08. The summed E-state index contributed by atoms with van der Waals surface area (Å²) in [5.41, 5.74) is 0. The first kappa shape index (κ1) is 7.02. The molecule has 0 bridgehead atoms. The summed E-state index contributed by atoms with van der Waals surface area (Å²) in [6.45, 7) is 7.38. The molecule has 0 atom stereocenters. The second kappa shape index (κ2) is 2.36. The maximum atomic E-state index is 10.1. The number of hydrogen-bond acceptors (Lipinski definition) is 1. The van der Waals surface area contributed by atoms with Gasteiger partial charge in [-0.15, -0.1) is 0 Å². The summed E-state index contributed by atoms with van der Waals surface area (Å²) in [5, 5.41) is 0. The fourth-order valence-corrected chi connectivity index (χ4v) is 0.125. The normalized spacial score (nSPS) is 11.3. The van der Waals surface area contributed by atoms with Gasteiger partial charge in [0.1, 0.15) is 0 Å². The molecule has 1 nitrogen and oxygen atoms in total. The molecule has 2 heteroatoms. The van der Waals surface area contributed by atoms with E-state index in [9.17, 15) is 4.21 Å². The van der Waals surface area contributed by atoms with Crippen LogP contribution in [-0.2, 0) is 15.9 Å². The Hall–Kier alpha value is 0.0200. The van der Waals surface area contributed by atoms with Gasteiger partial charge in [-0.2, -0.15) is 0 Å². The van der Waals surface area contributed by atoms with E-state index in [4.69, 9.17) is 0 Å². The van der Waals surface area contributed by atoms with E-state index in [0.29, 0.717) is 18.1 Å². The van der Waals surface area contributed by atoms with Crippen LogP contribution in [0.25, 0.3) is 0 Å². The van der Waals surface area contributed by atoms with Crippen LogP contribution in [0.2, 0.25) is 0 Å². The predicted molar refractivity (Wildman–Crippen MR) is 32.1 cm³/mol. The minimum atomic E-state index is -0.167. The lowest BCUT2D eigenvalue weighted by Crippen LogP contribution is -2.15. The van der Waals surface area contributed by atoms with Crippen LogP contribution in [-0.4, -0.2) is 4.75 Å². The second-order valence-corrected chi connectivity index (χ2v) is 3.36. The minimum absolute atomic E-state index is 0.167. The van der Waals surface area contributed by atoms with Gasteiger partial charge >= 0.3 is 11.7 Å². The van der Waals surface area contributed by atoms with E-state index in [0.717, 1.165) is 0 Å². The Bertz CT molecular complexity index is 68.5. The third-order valence-corrected chi connectivity index (χ3v) is 1.48. The zero-order chi connectivity index (χ0) is 5.91. The Kier molecular flexibility index (Phi) is 2.37. The topological polar surface area (TPSA) is 17.1 Å². The molecule has 1 radical (unpaired) electrons. The lowest BCUT2D eigenvalue weighted by molar-refractivity contribution is 0.579. The zero-order valence-electron chi connectivity index (χ0n) is 4.73. The molecular formula is C5H10OS+. The Morgan fingerprint density at radius 1 is 1.71 bits per heavy atom. The summed E-state index contributed by atoms with van der Waals surface area (Å²) in [5.74, 6) is 0. The van der Waals surface area contributed by atoms with Gasteiger partial charge in [0.25, 0.3) is 0 Å². The Morgan fingerprint density at radius 3 is 2.14 bits per heavy atom. The molecule has 0 aliphatic rings. The van der Waals surface area contributed by atoms with Crippen molar-refractivity contribution in [2.45, 2.75) is 25.0 Å². The smallest absolute Gasteiger partial charge is 0.0473 e. The average molecular weight is 118 g/mol. The van der Waals surface area contributed by atoms with Gasteiger partial charge in [0.2, 0.25) is 4.75 Å². The summed E-state index contributed by atoms with van der Waals surface area (Å²) in [7, 11) is 0. The average Bonchev–Trinajstić information content (AvgIpc) is 1.68. The van der Waals surface area contributed by atoms with Gasteiger partial charge in [-0.25, -0.2) is 0 Å². The molecule has 0 spiro atoms. The SMILES string of the molecule is [CH2]CC(C)(C)[S+]=O. The fourth-order valence-electron chi connectivity index (χ4n) is 0.0417. The maximum absolute atomic E-state index is 10.1. The molecule has 0 aliphatic carbocycles. The van der Waals surface area contributed by atoms with E-state index in [2.05, 4.69) is 6.92 Å². The lowest BCUT2D eigenvalue weighted by Gasteiger charge is -1.95. The van der Waals surface area contributed by atoms with Gasteiger partial charge in [0.15, 0.2) is 0 Å². The molecule has 0 saturated carbocycles. The van der Waals surface area contributed by atoms with Crippen molar-refractivity contribution in [3.8, 4) is 0 Å². The van der Waals surface area contributed by atoms with E-state index in [1.54, 1.807) is 0 Å². The molecule has 0 heterocycles. The Morgan fingerprint density at radius 2 is 2.14 bits per heavy atom. The van der Waals surface area contributed by atoms with Crippen molar-refractivity contribution in [1.29, 1.82) is 0 Å². The largest absolute Gasteiger partial charge is 0.464 e. The van der Waals surface area contributed by atoms with Crippen molar-refractivity contribution < 1.29 is 4.21 Å². The maximum Gasteiger partial charge on any atom is 0.464 e. The first-order chi connectivity index (χ1) is 3.12. The van der Waals surface area contributed by atoms with Crippen LogP contribution in [0.4, 0.5) is 0 Å². The van der Waals surface area contributed by atoms with Crippen LogP contribution < -0.4 is 0 Å². The fraction of sp³-hybridized carbons (Fsp3) is 0.800. The monoisotopic (exact) mass is 118 g/mol. The van der Waals surface area contributed by atoms with Crippen LogP contribution >= 0.6 is 0 Å². The Balaban J connectivity index is 3.58. The van der Waals surface area contributed by atoms with Crippen molar-refractivity contribution in [1.82, 2.24) is 0 Å². The minimum Gasteiger partial charge on any atom is -0.0473 e. The molecule has 0 fully saturated rings. The van der Waals surface area contributed by atoms with Crippen LogP contribution in [0.15, 0.2) is 0 Å². The number of hydrogen-bond donors (Lipinski definition) is 0.